The second-order valence-corrected chi connectivity index (χ2v) is 13.0. The van der Waals surface area contributed by atoms with Crippen LogP contribution in [0.25, 0.3) is 6.08 Å². The normalized spacial score (nSPS) is 19.7. The smallest absolute Gasteiger partial charge is 1.00 e. The summed E-state index contributed by atoms with van der Waals surface area (Å²) in [5.74, 6) is 0. The van der Waals surface area contributed by atoms with E-state index in [0.29, 0.717) is 11.1 Å². The summed E-state index contributed by atoms with van der Waals surface area (Å²) in [6.07, 6.45) is 12.1. The molecule has 0 aliphatic heterocycles. The summed E-state index contributed by atoms with van der Waals surface area (Å²) >= 11 is 0. The fourth-order valence-corrected chi connectivity index (χ4v) is 6.85. The Bertz CT molecular complexity index is 660. The molecule has 0 aromatic heterocycles. The standard InChI is InChI=1S/C20H26Si.4ClH.Zr/c1-20(2,3)16-11-12-17(14-16)21(4,5)19-13-10-15-8-6-7-9-18(15)19;;;;;/h6-14,17,19H,1-5H3;4*1H;/q;;;;;+4/p-4. The van der Waals surface area contributed by atoms with Crippen molar-refractivity contribution in [3.05, 3.63) is 65.3 Å². The van der Waals surface area contributed by atoms with Crippen LogP contribution in [0.15, 0.2) is 54.1 Å². The van der Waals surface area contributed by atoms with Crippen LogP contribution in [-0.4, -0.2) is 8.07 Å². The first-order valence-electron chi connectivity index (χ1n) is 7.98. The van der Waals surface area contributed by atoms with E-state index in [9.17, 15) is 0 Å². The van der Waals surface area contributed by atoms with Gasteiger partial charge in [0.15, 0.2) is 0 Å². The zero-order valence-corrected chi connectivity index (χ0v) is 22.3. The van der Waals surface area contributed by atoms with Gasteiger partial charge < -0.3 is 49.6 Å². The van der Waals surface area contributed by atoms with Gasteiger partial charge in [-0.15, -0.1) is 0 Å². The third-order valence-electron chi connectivity index (χ3n) is 5.17. The molecule has 2 aliphatic rings. The van der Waals surface area contributed by atoms with Gasteiger partial charge in [-0.05, 0) is 33.2 Å². The molecule has 2 atom stereocenters. The predicted molar refractivity (Wildman–Crippen MR) is 96.1 cm³/mol. The van der Waals surface area contributed by atoms with Crippen LogP contribution >= 0.6 is 0 Å². The first-order chi connectivity index (χ1) is 9.80. The molecular formula is C20H26Cl4SiZr. The molecule has 26 heavy (non-hydrogen) atoms. The molecule has 2 unspecified atom stereocenters. The van der Waals surface area contributed by atoms with Crippen molar-refractivity contribution < 1.29 is 75.8 Å². The second-order valence-electron chi connectivity index (χ2n) is 8.04. The predicted octanol–water partition coefficient (Wildman–Crippen LogP) is -6.03. The Morgan fingerprint density at radius 2 is 1.42 bits per heavy atom. The molecule has 0 heterocycles. The number of hydrogen-bond donors (Lipinski definition) is 0. The summed E-state index contributed by atoms with van der Waals surface area (Å²) in [6.45, 7) is 12.0. The van der Waals surface area contributed by atoms with Crippen LogP contribution in [0.1, 0.15) is 37.4 Å². The van der Waals surface area contributed by atoms with Gasteiger partial charge in [-0.1, -0.05) is 88.5 Å². The molecule has 0 N–H and O–H groups in total. The molecule has 0 saturated heterocycles. The van der Waals surface area contributed by atoms with E-state index in [1.165, 1.54) is 11.1 Å². The Kier molecular flexibility index (Phi) is 14.1. The SMILES string of the molecule is CC(C)(C)C1=CC([Si](C)(C)C2C=Cc3ccccc32)C=C1.[Cl-].[Cl-].[Cl-].[Cl-].[Zr+4]. The van der Waals surface area contributed by atoms with Crippen molar-refractivity contribution in [2.45, 2.75) is 44.9 Å². The van der Waals surface area contributed by atoms with Gasteiger partial charge in [0.25, 0.3) is 0 Å². The first kappa shape index (κ1) is 31.4. The summed E-state index contributed by atoms with van der Waals surface area (Å²) in [6, 6.07) is 8.90. The molecular weight excluding hydrogens is 501 g/mol. The van der Waals surface area contributed by atoms with Crippen molar-refractivity contribution in [1.82, 2.24) is 0 Å². The second kappa shape index (κ2) is 11.6. The summed E-state index contributed by atoms with van der Waals surface area (Å²) in [4.78, 5) is 0. The van der Waals surface area contributed by atoms with Crippen molar-refractivity contribution >= 4 is 14.1 Å². The van der Waals surface area contributed by atoms with E-state index in [4.69, 9.17) is 0 Å². The molecule has 1 aromatic rings. The van der Waals surface area contributed by atoms with Gasteiger partial charge >= 0.3 is 26.2 Å². The van der Waals surface area contributed by atoms with Gasteiger partial charge in [-0.25, -0.2) is 0 Å². The van der Waals surface area contributed by atoms with Crippen molar-refractivity contribution in [2.24, 2.45) is 5.41 Å². The fraction of sp³-hybridized carbons (Fsp3) is 0.400. The van der Waals surface area contributed by atoms with Gasteiger partial charge in [0.2, 0.25) is 0 Å². The minimum atomic E-state index is -1.46. The van der Waals surface area contributed by atoms with E-state index in [0.717, 1.165) is 0 Å². The largest absolute Gasteiger partial charge is 4.00 e. The minimum Gasteiger partial charge on any atom is -1.00 e. The topological polar surface area (TPSA) is 0 Å². The van der Waals surface area contributed by atoms with E-state index in [-0.39, 0.29) is 81.2 Å². The summed E-state index contributed by atoms with van der Waals surface area (Å²) in [7, 11) is -1.46. The Hall–Kier alpha value is 0.700. The molecule has 3 rings (SSSR count). The van der Waals surface area contributed by atoms with E-state index in [2.05, 4.69) is 88.5 Å². The maximum Gasteiger partial charge on any atom is 4.00 e. The Labute approximate surface area is 204 Å². The molecule has 0 fully saturated rings. The van der Waals surface area contributed by atoms with E-state index < -0.39 is 8.07 Å². The van der Waals surface area contributed by atoms with Gasteiger partial charge in [0.05, 0.1) is 8.07 Å². The van der Waals surface area contributed by atoms with Crippen molar-refractivity contribution in [1.29, 1.82) is 0 Å². The summed E-state index contributed by atoms with van der Waals surface area (Å²) < 4.78 is 0. The van der Waals surface area contributed by atoms with Crippen LogP contribution in [0.5, 0.6) is 0 Å². The van der Waals surface area contributed by atoms with Crippen LogP contribution in [0, 0.1) is 5.41 Å². The van der Waals surface area contributed by atoms with Gasteiger partial charge in [-0.2, -0.15) is 0 Å². The molecule has 0 spiro atoms. The number of benzene rings is 1. The quantitative estimate of drug-likeness (QED) is 0.336. The van der Waals surface area contributed by atoms with E-state index >= 15 is 0 Å². The van der Waals surface area contributed by atoms with E-state index in [1.807, 2.05) is 0 Å². The average Bonchev–Trinajstić information content (AvgIpc) is 3.05. The van der Waals surface area contributed by atoms with Gasteiger partial charge in [0, 0.05) is 0 Å². The molecule has 6 heteroatoms. The monoisotopic (exact) mass is 524 g/mol. The van der Waals surface area contributed by atoms with Gasteiger partial charge in [0.1, 0.15) is 0 Å². The van der Waals surface area contributed by atoms with Crippen molar-refractivity contribution in [3.8, 4) is 0 Å². The van der Waals surface area contributed by atoms with Crippen molar-refractivity contribution in [3.63, 3.8) is 0 Å². The maximum atomic E-state index is 2.54. The fourth-order valence-electron chi connectivity index (χ4n) is 3.58. The molecule has 0 amide bonds. The van der Waals surface area contributed by atoms with Crippen LogP contribution in [-0.2, 0) is 26.2 Å². The van der Waals surface area contributed by atoms with Crippen molar-refractivity contribution in [2.75, 3.05) is 0 Å². The Morgan fingerprint density at radius 3 is 1.96 bits per heavy atom. The van der Waals surface area contributed by atoms with Crippen LogP contribution in [0.4, 0.5) is 0 Å². The zero-order valence-electron chi connectivity index (χ0n) is 15.9. The third kappa shape index (κ3) is 6.10. The number of hydrogen-bond acceptors (Lipinski definition) is 0. The average molecular weight is 528 g/mol. The van der Waals surface area contributed by atoms with E-state index in [1.54, 1.807) is 5.56 Å². The Morgan fingerprint density at radius 1 is 0.846 bits per heavy atom. The van der Waals surface area contributed by atoms with Gasteiger partial charge in [-0.3, -0.25) is 0 Å². The summed E-state index contributed by atoms with van der Waals surface area (Å²) in [5.41, 5.74) is 6.01. The zero-order chi connectivity index (χ0) is 15.3. The molecule has 0 saturated carbocycles. The number of halogens is 4. The number of fused-ring (bicyclic) bond motifs is 1. The molecule has 1 aromatic carbocycles. The molecule has 142 valence electrons. The summed E-state index contributed by atoms with van der Waals surface area (Å²) in [5, 5.41) is 0. The van der Waals surface area contributed by atoms with Crippen LogP contribution in [0.2, 0.25) is 18.6 Å². The molecule has 2 aliphatic carbocycles. The van der Waals surface area contributed by atoms with Crippen LogP contribution in [0.3, 0.4) is 0 Å². The number of rotatable bonds is 2. The maximum absolute atomic E-state index is 2.54. The third-order valence-corrected chi connectivity index (χ3v) is 9.35. The first-order valence-corrected chi connectivity index (χ1v) is 11.1. The van der Waals surface area contributed by atoms with Crippen LogP contribution < -0.4 is 49.6 Å². The molecule has 0 radical (unpaired) electrons. The molecule has 0 bridgehead atoms. The molecule has 0 nitrogen and oxygen atoms in total. The number of allylic oxidation sites excluding steroid dienone is 5. The Balaban J connectivity index is -0.00000106. The minimum absolute atomic E-state index is 0.